The van der Waals surface area contributed by atoms with Crippen molar-refractivity contribution in [3.63, 3.8) is 0 Å². The quantitative estimate of drug-likeness (QED) is 0.0447. The molecule has 2 aromatic carbocycles. The van der Waals surface area contributed by atoms with Crippen LogP contribution in [0.2, 0.25) is 0 Å². The normalized spacial score (nSPS) is 25.1. The van der Waals surface area contributed by atoms with Gasteiger partial charge in [0.25, 0.3) is 11.8 Å². The minimum atomic E-state index is -2.00. The number of halogens is 1. The molecule has 2 unspecified atom stereocenters. The number of amides is 4. The number of para-hydroxylation sites is 1. The average molecular weight is 1380 g/mol. The molecule has 5 saturated carbocycles. The van der Waals surface area contributed by atoms with E-state index in [1.165, 1.54) is 16.2 Å². The Morgan fingerprint density at radius 3 is 2.37 bits per heavy atom. The fourth-order valence-corrected chi connectivity index (χ4v) is 19.3. The number of aromatic carboxylic acids is 1. The van der Waals surface area contributed by atoms with Crippen molar-refractivity contribution in [3.8, 4) is 27.3 Å². The van der Waals surface area contributed by atoms with E-state index in [-0.39, 0.29) is 72.4 Å². The minimum Gasteiger partial charge on any atom is -0.483 e. The van der Waals surface area contributed by atoms with Crippen molar-refractivity contribution >= 4 is 85.1 Å². The summed E-state index contributed by atoms with van der Waals surface area (Å²) in [6.45, 7) is 20.7. The van der Waals surface area contributed by atoms with E-state index in [1.54, 1.807) is 43.8 Å². The Labute approximate surface area is 577 Å². The van der Waals surface area contributed by atoms with E-state index in [2.05, 4.69) is 49.5 Å². The maximum absolute atomic E-state index is 14.8. The van der Waals surface area contributed by atoms with Gasteiger partial charge in [-0.25, -0.2) is 24.1 Å². The van der Waals surface area contributed by atoms with Gasteiger partial charge in [-0.05, 0) is 143 Å². The molecule has 8 aliphatic rings. The van der Waals surface area contributed by atoms with Gasteiger partial charge in [0, 0.05) is 98.8 Å². The highest BCUT2D eigenvalue weighted by atomic mass is 32.1. The molecule has 0 radical (unpaired) electrons. The summed E-state index contributed by atoms with van der Waals surface area (Å²) in [5.41, 5.74) is 5.99. The first-order valence-corrected chi connectivity index (χ1v) is 36.0. The van der Waals surface area contributed by atoms with Crippen LogP contribution in [0.5, 0.6) is 5.75 Å². The summed E-state index contributed by atoms with van der Waals surface area (Å²) >= 11 is 3.04. The van der Waals surface area contributed by atoms with Gasteiger partial charge < -0.3 is 50.3 Å². The SMILES string of the molecule is Cc1ncsc1-c1ccc(CNC(=O)[C@@H]2C[C@@H](O)CN2C(=O)[C@@H](NC(=O)C2(F)CC2)C(C)(C)C)c(OCC(=O)N2CCN(CCOC34CC5(Cn6ncc(-c7ccc(N8CCCc9c8nnc(Nc8nc%10ccccc%10s8)c9C)nc7C(=O)O)c6C)C[C@@](C)(C3)C[C@](C)(C5)C4)CC2)c1. The van der Waals surface area contributed by atoms with E-state index < -0.39 is 53.0 Å². The van der Waals surface area contributed by atoms with Gasteiger partial charge in [-0.15, -0.1) is 21.5 Å². The summed E-state index contributed by atoms with van der Waals surface area (Å²) in [6.07, 6.45) is 8.73. The van der Waals surface area contributed by atoms with Gasteiger partial charge in [0.2, 0.25) is 11.8 Å². The summed E-state index contributed by atoms with van der Waals surface area (Å²) in [5, 5.41) is 45.6. The minimum absolute atomic E-state index is 0.0119. The third-order valence-corrected chi connectivity index (χ3v) is 23.5. The van der Waals surface area contributed by atoms with E-state index >= 15 is 0 Å². The number of likely N-dealkylation sites (tertiary alicyclic amines) is 1. The molecule has 7 atom stereocenters. The predicted molar refractivity (Wildman–Crippen MR) is 370 cm³/mol. The molecule has 23 nitrogen and oxygen atoms in total. The lowest BCUT2D eigenvalue weighted by molar-refractivity contribution is -0.249. The Morgan fingerprint density at radius 1 is 0.888 bits per heavy atom. The standard InChI is InChI=1S/C72H87FN14O9S2/c1-42-48-12-11-21-85(61(48)82-81-60(42)80-66-77-51-13-9-10-14-54(51)98-66)55-18-17-49(57(78-55)64(92)93)50-31-76-87(44(50)3)40-70-35-68(7)34-69(8,36-70)38-71(37-68,39-70)96-27-26-83-22-24-84(25-23-83)56(89)33-95-53-28-45(58-43(2)75-41-97-58)15-16-46(53)30-74-62(90)52-29-47(88)32-86(52)63(91)59(67(4,5)6)79-65(94)72(73)19-20-72/h9-10,13-18,28,31,41,47,52,59,88H,11-12,19-27,29-30,32-40H2,1-8H3,(H,74,90)(H,79,94)(H,92,93)(H,77,80,81)/t47-,52+,59-,68-,69+,70?,71?/m1/s1. The predicted octanol–water partition coefficient (Wildman–Crippen LogP) is 9.89. The molecule has 3 aliphatic heterocycles. The largest absolute Gasteiger partial charge is 0.483 e. The van der Waals surface area contributed by atoms with Gasteiger partial charge >= 0.3 is 5.97 Å². The second kappa shape index (κ2) is 25.6. The smallest absolute Gasteiger partial charge is 0.355 e. The van der Waals surface area contributed by atoms with Crippen LogP contribution >= 0.6 is 22.7 Å². The van der Waals surface area contributed by atoms with E-state index in [0.29, 0.717) is 80.2 Å². The van der Waals surface area contributed by atoms with E-state index in [0.717, 1.165) is 112 Å². The number of nitrogens with one attached hydrogen (secondary N) is 3. The van der Waals surface area contributed by atoms with Crippen molar-refractivity contribution in [2.75, 3.05) is 69.2 Å². The topological polar surface area (TPSA) is 276 Å². The molecular weight excluding hydrogens is 1290 g/mol. The summed E-state index contributed by atoms with van der Waals surface area (Å²) in [4.78, 5) is 90.6. The van der Waals surface area contributed by atoms with Gasteiger partial charge in [0.1, 0.15) is 23.7 Å². The first-order valence-electron chi connectivity index (χ1n) is 34.3. The molecule has 518 valence electrons. The molecular formula is C72H87FN14O9S2. The second-order valence-corrected chi connectivity index (χ2v) is 32.6. The number of benzene rings is 2. The van der Waals surface area contributed by atoms with Gasteiger partial charge in [-0.1, -0.05) is 70.2 Å². The van der Waals surface area contributed by atoms with Crippen LogP contribution in [-0.2, 0) is 43.4 Å². The van der Waals surface area contributed by atoms with Crippen LogP contribution in [0.1, 0.15) is 137 Å². The van der Waals surface area contributed by atoms with Crippen LogP contribution in [0, 0.1) is 42.4 Å². The maximum atomic E-state index is 14.8. The molecule has 0 spiro atoms. The van der Waals surface area contributed by atoms with Gasteiger partial charge in [0.15, 0.2) is 34.7 Å². The van der Waals surface area contributed by atoms with Gasteiger partial charge in [0.05, 0.1) is 50.8 Å². The summed E-state index contributed by atoms with van der Waals surface area (Å²) in [6, 6.07) is 15.1. The molecule has 5 N–H and O–H groups in total. The zero-order valence-corrected chi connectivity index (χ0v) is 58.6. The number of hydrogen-bond donors (Lipinski definition) is 5. The lowest BCUT2D eigenvalue weighted by atomic mass is 9.39. The van der Waals surface area contributed by atoms with Crippen LogP contribution in [0.15, 0.2) is 66.3 Å². The number of β-amino-alcohol motifs (C(OH)–C–C–N with tert-alkyl or cyclic N) is 1. The number of fused-ring (bicyclic) bond motifs is 2. The number of aryl methyl sites for hydroxylation is 1. The Kier molecular flexibility index (Phi) is 17.5. The van der Waals surface area contributed by atoms with Gasteiger partial charge in [-0.2, -0.15) is 5.10 Å². The Hall–Kier alpha value is -8.04. The van der Waals surface area contributed by atoms with Crippen LogP contribution in [0.3, 0.4) is 0 Å². The number of aliphatic hydroxyl groups excluding tert-OH is 1. The van der Waals surface area contributed by atoms with Crippen molar-refractivity contribution in [1.82, 2.24) is 60.3 Å². The molecule has 5 aromatic heterocycles. The number of ether oxygens (including phenoxy) is 2. The Balaban J connectivity index is 0.593. The van der Waals surface area contributed by atoms with Crippen molar-refractivity contribution in [2.24, 2.45) is 21.7 Å². The highest BCUT2D eigenvalue weighted by molar-refractivity contribution is 7.22. The fraction of sp³-hybridized carbons (Fsp3) is 0.542. The number of alkyl halides is 1. The Morgan fingerprint density at radius 2 is 1.65 bits per heavy atom. The number of aromatic nitrogens is 7. The molecule has 7 aromatic rings. The number of carbonyl (C=O) groups excluding carboxylic acids is 4. The molecule has 2 saturated heterocycles. The number of rotatable bonds is 21. The maximum Gasteiger partial charge on any atom is 0.355 e. The number of aliphatic hydroxyl groups is 1. The molecule has 98 heavy (non-hydrogen) atoms. The third-order valence-electron chi connectivity index (χ3n) is 21.6. The molecule has 8 heterocycles. The highest BCUT2D eigenvalue weighted by Crippen LogP contribution is 2.72. The van der Waals surface area contributed by atoms with Crippen molar-refractivity contribution < 1.29 is 48.0 Å². The molecule has 5 aliphatic carbocycles. The lowest BCUT2D eigenvalue weighted by Crippen LogP contribution is -2.64. The zero-order valence-electron chi connectivity index (χ0n) is 57.0. The third kappa shape index (κ3) is 13.3. The number of carbonyl (C=O) groups is 5. The number of piperazine rings is 1. The van der Waals surface area contributed by atoms with Gasteiger partial charge in [-0.3, -0.25) is 28.8 Å². The number of carboxylic acid groups (broad SMARTS) is 1. The molecule has 4 amide bonds. The number of hydrogen-bond acceptors (Lipinski definition) is 19. The van der Waals surface area contributed by atoms with Crippen LogP contribution < -0.4 is 25.6 Å². The Bertz CT molecular complexity index is 4240. The van der Waals surface area contributed by atoms with Crippen molar-refractivity contribution in [3.05, 3.63) is 100 Å². The fourth-order valence-electron chi connectivity index (χ4n) is 17.7. The summed E-state index contributed by atoms with van der Waals surface area (Å²) in [5.74, 6) is -1.02. The molecule has 15 rings (SSSR count). The number of pyridine rings is 1. The summed E-state index contributed by atoms with van der Waals surface area (Å²) in [7, 11) is 0. The van der Waals surface area contributed by atoms with Crippen molar-refractivity contribution in [2.45, 2.75) is 169 Å². The first-order chi connectivity index (χ1) is 46.7. The van der Waals surface area contributed by atoms with E-state index in [1.807, 2.05) is 85.2 Å². The average Bonchev–Trinajstić information content (AvgIpc) is 0.882. The second-order valence-electron chi connectivity index (χ2n) is 30.7. The highest BCUT2D eigenvalue weighted by Gasteiger charge is 2.66. The van der Waals surface area contributed by atoms with Crippen LogP contribution in [-0.4, -0.2) is 178 Å². The van der Waals surface area contributed by atoms with E-state index in [4.69, 9.17) is 29.6 Å². The zero-order chi connectivity index (χ0) is 68.8. The number of anilines is 4. The van der Waals surface area contributed by atoms with E-state index in [9.17, 15) is 38.6 Å². The monoisotopic (exact) mass is 1370 g/mol. The first kappa shape index (κ1) is 67.2. The number of thiazole rings is 2. The number of carboxylic acids is 1. The molecule has 4 bridgehead atoms. The number of nitrogens with zero attached hydrogens (tertiary/aromatic N) is 11. The molecule has 26 heteroatoms. The van der Waals surface area contributed by atoms with Crippen LogP contribution in [0.25, 0.3) is 31.8 Å². The van der Waals surface area contributed by atoms with Crippen LogP contribution in [0.4, 0.5) is 27.0 Å². The molecule has 7 fully saturated rings. The van der Waals surface area contributed by atoms with Crippen molar-refractivity contribution in [1.29, 1.82) is 0 Å². The lowest BCUT2D eigenvalue weighted by Gasteiger charge is -2.69. The summed E-state index contributed by atoms with van der Waals surface area (Å²) < 4.78 is 31.6.